The van der Waals surface area contributed by atoms with E-state index < -0.39 is 11.4 Å². The van der Waals surface area contributed by atoms with Gasteiger partial charge in [-0.25, -0.2) is 13.9 Å². The Bertz CT molecular complexity index is 725. The average molecular weight is 332 g/mol. The lowest BCUT2D eigenvalue weighted by Crippen LogP contribution is -2.49. The highest BCUT2D eigenvalue weighted by Gasteiger charge is 2.38. The molecule has 128 valence electrons. The van der Waals surface area contributed by atoms with Crippen molar-refractivity contribution < 1.29 is 14.3 Å². The first kappa shape index (κ1) is 16.4. The molecule has 0 spiro atoms. The monoisotopic (exact) mass is 332 g/mol. The first-order valence-electron chi connectivity index (χ1n) is 7.96. The first-order chi connectivity index (χ1) is 11.4. The number of aliphatic hydroxyl groups is 1. The van der Waals surface area contributed by atoms with Crippen LogP contribution in [0.5, 0.6) is 0 Å². The molecule has 1 unspecified atom stereocenters. The summed E-state index contributed by atoms with van der Waals surface area (Å²) in [4.78, 5) is 14.3. The quantitative estimate of drug-likeness (QED) is 0.908. The fraction of sp³-hybridized carbons (Fsp3) is 0.412. The highest BCUT2D eigenvalue weighted by molar-refractivity contribution is 5.92. The van der Waals surface area contributed by atoms with E-state index in [-0.39, 0.29) is 12.1 Å². The highest BCUT2D eigenvalue weighted by atomic mass is 19.1. The molecular weight excluding hydrogens is 311 g/mol. The standard InChI is InChI=1S/C17H21FN4O2/c1-17(2,24)15-5-3-9-21(15)16(23)20-13-11-12(18)6-7-14(13)22-10-4-8-19-22/h4,6-8,10-11,15,24H,3,5,9H2,1-2H3,(H,20,23). The Balaban J connectivity index is 1.86. The van der Waals surface area contributed by atoms with Crippen LogP contribution < -0.4 is 5.32 Å². The number of carbonyl (C=O) groups excluding carboxylic acids is 1. The minimum Gasteiger partial charge on any atom is -0.388 e. The lowest BCUT2D eigenvalue weighted by atomic mass is 9.97. The van der Waals surface area contributed by atoms with Crippen LogP contribution in [0.2, 0.25) is 0 Å². The molecule has 1 aromatic carbocycles. The van der Waals surface area contributed by atoms with Crippen molar-refractivity contribution in [3.63, 3.8) is 0 Å². The van der Waals surface area contributed by atoms with Crippen LogP contribution in [-0.4, -0.2) is 44.0 Å². The number of benzene rings is 1. The van der Waals surface area contributed by atoms with E-state index in [2.05, 4.69) is 10.4 Å². The molecule has 2 N–H and O–H groups in total. The summed E-state index contributed by atoms with van der Waals surface area (Å²) >= 11 is 0. The van der Waals surface area contributed by atoms with Crippen LogP contribution in [0.3, 0.4) is 0 Å². The van der Waals surface area contributed by atoms with E-state index in [1.165, 1.54) is 12.1 Å². The maximum Gasteiger partial charge on any atom is 0.322 e. The molecule has 7 heteroatoms. The van der Waals surface area contributed by atoms with Crippen molar-refractivity contribution in [2.24, 2.45) is 0 Å². The molecule has 1 aliphatic rings. The van der Waals surface area contributed by atoms with Gasteiger partial charge in [0.25, 0.3) is 0 Å². The van der Waals surface area contributed by atoms with Crippen LogP contribution in [0.25, 0.3) is 5.69 Å². The van der Waals surface area contributed by atoms with Crippen molar-refractivity contribution in [2.45, 2.75) is 38.3 Å². The smallest absolute Gasteiger partial charge is 0.322 e. The first-order valence-corrected chi connectivity index (χ1v) is 7.96. The normalized spacial score (nSPS) is 18.0. The van der Waals surface area contributed by atoms with E-state index in [0.29, 0.717) is 17.9 Å². The Morgan fingerprint density at radius 3 is 2.92 bits per heavy atom. The van der Waals surface area contributed by atoms with E-state index in [4.69, 9.17) is 0 Å². The van der Waals surface area contributed by atoms with Crippen LogP contribution in [-0.2, 0) is 0 Å². The van der Waals surface area contributed by atoms with Crippen molar-refractivity contribution in [3.8, 4) is 5.69 Å². The van der Waals surface area contributed by atoms with Crippen LogP contribution >= 0.6 is 0 Å². The van der Waals surface area contributed by atoms with E-state index >= 15 is 0 Å². The lowest BCUT2D eigenvalue weighted by molar-refractivity contribution is 0.0117. The molecule has 0 bridgehead atoms. The summed E-state index contributed by atoms with van der Waals surface area (Å²) < 4.78 is 15.2. The number of anilines is 1. The number of likely N-dealkylation sites (tertiary alicyclic amines) is 1. The number of nitrogens with zero attached hydrogens (tertiary/aromatic N) is 3. The third-order valence-electron chi connectivity index (χ3n) is 4.28. The fourth-order valence-corrected chi connectivity index (χ4v) is 3.15. The van der Waals surface area contributed by atoms with Gasteiger partial charge in [0.1, 0.15) is 5.82 Å². The predicted molar refractivity (Wildman–Crippen MR) is 88.6 cm³/mol. The van der Waals surface area contributed by atoms with Gasteiger partial charge in [-0.05, 0) is 51.0 Å². The Labute approximate surface area is 139 Å². The molecule has 6 nitrogen and oxygen atoms in total. The van der Waals surface area contributed by atoms with Crippen LogP contribution in [0.15, 0.2) is 36.7 Å². The van der Waals surface area contributed by atoms with Gasteiger partial charge >= 0.3 is 6.03 Å². The zero-order chi connectivity index (χ0) is 17.3. The third-order valence-corrected chi connectivity index (χ3v) is 4.28. The predicted octanol–water partition coefficient (Wildman–Crippen LogP) is 2.78. The number of hydrogen-bond donors (Lipinski definition) is 2. The van der Waals surface area contributed by atoms with E-state index in [1.54, 1.807) is 48.0 Å². The molecule has 0 aliphatic carbocycles. The summed E-state index contributed by atoms with van der Waals surface area (Å²) in [5.41, 5.74) is -0.0699. The third kappa shape index (κ3) is 3.26. The van der Waals surface area contributed by atoms with E-state index in [0.717, 1.165) is 12.8 Å². The summed E-state index contributed by atoms with van der Waals surface area (Å²) in [6.45, 7) is 3.95. The Morgan fingerprint density at radius 1 is 1.46 bits per heavy atom. The van der Waals surface area contributed by atoms with Gasteiger partial charge in [0.2, 0.25) is 0 Å². The largest absolute Gasteiger partial charge is 0.388 e. The molecule has 0 saturated carbocycles. The number of amides is 2. The summed E-state index contributed by atoms with van der Waals surface area (Å²) in [5.74, 6) is -0.443. The zero-order valence-corrected chi connectivity index (χ0v) is 13.7. The molecule has 24 heavy (non-hydrogen) atoms. The lowest BCUT2D eigenvalue weighted by Gasteiger charge is -2.33. The van der Waals surface area contributed by atoms with Crippen molar-refractivity contribution in [1.82, 2.24) is 14.7 Å². The van der Waals surface area contributed by atoms with Gasteiger partial charge in [0.15, 0.2) is 0 Å². The number of halogens is 1. The van der Waals surface area contributed by atoms with Gasteiger partial charge in [0, 0.05) is 18.9 Å². The van der Waals surface area contributed by atoms with Gasteiger partial charge in [-0.2, -0.15) is 5.10 Å². The second-order valence-corrected chi connectivity index (χ2v) is 6.55. The molecule has 2 heterocycles. The number of carbonyl (C=O) groups is 1. The number of aromatic nitrogens is 2. The Hall–Kier alpha value is -2.41. The number of nitrogens with one attached hydrogen (secondary N) is 1. The molecule has 2 amide bonds. The van der Waals surface area contributed by atoms with E-state index in [9.17, 15) is 14.3 Å². The molecule has 0 radical (unpaired) electrons. The second-order valence-electron chi connectivity index (χ2n) is 6.55. The zero-order valence-electron chi connectivity index (χ0n) is 13.7. The summed E-state index contributed by atoms with van der Waals surface area (Å²) in [6.07, 6.45) is 4.90. The fourth-order valence-electron chi connectivity index (χ4n) is 3.15. The number of urea groups is 1. The number of hydrogen-bond acceptors (Lipinski definition) is 3. The molecule has 1 aliphatic heterocycles. The van der Waals surface area contributed by atoms with Crippen molar-refractivity contribution in [3.05, 3.63) is 42.5 Å². The van der Waals surface area contributed by atoms with Gasteiger partial charge in [-0.3, -0.25) is 0 Å². The molecule has 1 fully saturated rings. The van der Waals surface area contributed by atoms with Crippen molar-refractivity contribution in [2.75, 3.05) is 11.9 Å². The Morgan fingerprint density at radius 2 is 2.25 bits per heavy atom. The van der Waals surface area contributed by atoms with Crippen LogP contribution in [0.1, 0.15) is 26.7 Å². The van der Waals surface area contributed by atoms with Gasteiger partial charge in [0.05, 0.1) is 23.0 Å². The molecule has 1 atom stereocenters. The molecule has 3 rings (SSSR count). The minimum atomic E-state index is -0.986. The van der Waals surface area contributed by atoms with Crippen LogP contribution in [0, 0.1) is 5.82 Å². The SMILES string of the molecule is CC(C)(O)C1CCCN1C(=O)Nc1cc(F)ccc1-n1cccn1. The summed E-state index contributed by atoms with van der Waals surface area (Å²) in [6, 6.07) is 5.29. The average Bonchev–Trinajstić information content (AvgIpc) is 3.18. The summed E-state index contributed by atoms with van der Waals surface area (Å²) in [5, 5.41) is 17.1. The molecule has 2 aromatic rings. The van der Waals surface area contributed by atoms with Crippen molar-refractivity contribution >= 4 is 11.7 Å². The molecule has 1 saturated heterocycles. The second kappa shape index (κ2) is 6.24. The molecule has 1 aromatic heterocycles. The van der Waals surface area contributed by atoms with E-state index in [1.807, 2.05) is 0 Å². The topological polar surface area (TPSA) is 70.4 Å². The van der Waals surface area contributed by atoms with Gasteiger partial charge < -0.3 is 15.3 Å². The van der Waals surface area contributed by atoms with Crippen LogP contribution in [0.4, 0.5) is 14.9 Å². The Kier molecular flexibility index (Phi) is 4.28. The highest BCUT2D eigenvalue weighted by Crippen LogP contribution is 2.28. The van der Waals surface area contributed by atoms with Gasteiger partial charge in [-0.15, -0.1) is 0 Å². The maximum atomic E-state index is 13.6. The maximum absolute atomic E-state index is 13.6. The minimum absolute atomic E-state index is 0.265. The molecular formula is C17H21FN4O2. The van der Waals surface area contributed by atoms with Crippen molar-refractivity contribution in [1.29, 1.82) is 0 Å². The summed E-state index contributed by atoms with van der Waals surface area (Å²) in [7, 11) is 0. The number of rotatable bonds is 3. The van der Waals surface area contributed by atoms with Gasteiger partial charge in [-0.1, -0.05) is 0 Å².